The van der Waals surface area contributed by atoms with Gasteiger partial charge in [-0.2, -0.15) is 0 Å². The lowest BCUT2D eigenvalue weighted by Gasteiger charge is -2.36. The highest BCUT2D eigenvalue weighted by molar-refractivity contribution is 7.12. The minimum Gasteiger partial charge on any atom is -0.481 e. The second kappa shape index (κ2) is 10.1. The molecule has 3 aromatic rings. The van der Waals surface area contributed by atoms with Crippen molar-refractivity contribution in [2.75, 3.05) is 32.8 Å². The van der Waals surface area contributed by atoms with E-state index in [-0.39, 0.29) is 12.3 Å². The number of hydrogen-bond acceptors (Lipinski definition) is 5. The van der Waals surface area contributed by atoms with Crippen molar-refractivity contribution >= 4 is 23.2 Å². The number of rotatable bonds is 7. The van der Waals surface area contributed by atoms with Crippen LogP contribution in [0.25, 0.3) is 22.3 Å². The van der Waals surface area contributed by atoms with E-state index < -0.39 is 5.97 Å². The van der Waals surface area contributed by atoms with E-state index in [0.29, 0.717) is 19.8 Å². The lowest BCUT2D eigenvalue weighted by atomic mass is 10.00. The summed E-state index contributed by atoms with van der Waals surface area (Å²) in [6.07, 6.45) is 0.0272. The first kappa shape index (κ1) is 22.2. The van der Waals surface area contributed by atoms with Gasteiger partial charge in [-0.25, -0.2) is 5.01 Å². The Morgan fingerprint density at radius 1 is 0.969 bits per heavy atom. The summed E-state index contributed by atoms with van der Waals surface area (Å²) in [7, 11) is 0. The lowest BCUT2D eigenvalue weighted by Crippen LogP contribution is -2.51. The van der Waals surface area contributed by atoms with E-state index >= 15 is 0 Å². The molecule has 7 heteroatoms. The smallest absolute Gasteiger partial charge is 0.307 e. The molecule has 1 fully saturated rings. The molecule has 4 rings (SSSR count). The predicted molar refractivity (Wildman–Crippen MR) is 126 cm³/mol. The molecular weight excluding hydrogens is 424 g/mol. The van der Waals surface area contributed by atoms with Gasteiger partial charge >= 0.3 is 5.97 Å². The van der Waals surface area contributed by atoms with Crippen molar-refractivity contribution in [2.45, 2.75) is 13.3 Å². The zero-order valence-electron chi connectivity index (χ0n) is 18.0. The van der Waals surface area contributed by atoms with Crippen LogP contribution in [0.15, 0.2) is 60.0 Å². The van der Waals surface area contributed by atoms with E-state index in [1.54, 1.807) is 0 Å². The number of morpholine rings is 1. The number of thiophene rings is 1. The lowest BCUT2D eigenvalue weighted by molar-refractivity contribution is -0.136. The normalized spacial score (nSPS) is 14.3. The highest BCUT2D eigenvalue weighted by atomic mass is 32.1. The van der Waals surface area contributed by atoms with Crippen molar-refractivity contribution in [3.05, 3.63) is 70.4 Å². The first-order chi connectivity index (χ1) is 15.5. The number of hydrogen-bond donors (Lipinski definition) is 1. The molecule has 1 aromatic heterocycles. The Bertz CT molecular complexity index is 1070. The standard InChI is InChI=1S/C25H26N2O4S/c1-2-27(26-11-13-31-14-12-26)25(30)23-16-22(17-32-23)21-9-7-20(8-10-21)19-5-3-18(4-6-19)15-24(28)29/h3-10,16-17H,2,11-15H2,1H3,(H,28,29). The Kier molecular flexibility index (Phi) is 6.99. The van der Waals surface area contributed by atoms with Gasteiger partial charge in [0.2, 0.25) is 0 Å². The molecule has 2 aromatic carbocycles. The van der Waals surface area contributed by atoms with Gasteiger partial charge in [0.15, 0.2) is 0 Å². The second-order valence-corrected chi connectivity index (χ2v) is 8.54. The molecular formula is C25H26N2O4S. The van der Waals surface area contributed by atoms with Crippen LogP contribution in [0.4, 0.5) is 0 Å². The minimum absolute atomic E-state index is 0.0272. The van der Waals surface area contributed by atoms with E-state index in [0.717, 1.165) is 45.8 Å². The van der Waals surface area contributed by atoms with Crippen molar-refractivity contribution in [3.8, 4) is 22.3 Å². The van der Waals surface area contributed by atoms with Gasteiger partial charge < -0.3 is 9.84 Å². The number of nitrogens with zero attached hydrogens (tertiary/aromatic N) is 2. The quantitative estimate of drug-likeness (QED) is 0.577. The van der Waals surface area contributed by atoms with Crippen LogP contribution in [0, 0.1) is 0 Å². The molecule has 0 spiro atoms. The molecule has 1 saturated heterocycles. The van der Waals surface area contributed by atoms with E-state index in [9.17, 15) is 9.59 Å². The van der Waals surface area contributed by atoms with Gasteiger partial charge in [-0.15, -0.1) is 11.3 Å². The summed E-state index contributed by atoms with van der Waals surface area (Å²) in [6, 6.07) is 17.8. The Morgan fingerprint density at radius 3 is 2.09 bits per heavy atom. The maximum atomic E-state index is 13.1. The van der Waals surface area contributed by atoms with Crippen molar-refractivity contribution < 1.29 is 19.4 Å². The number of carboxylic acid groups (broad SMARTS) is 1. The van der Waals surface area contributed by atoms with Crippen molar-refractivity contribution in [2.24, 2.45) is 0 Å². The van der Waals surface area contributed by atoms with Crippen LogP contribution in [-0.2, 0) is 16.0 Å². The molecule has 1 aliphatic rings. The molecule has 0 unspecified atom stereocenters. The van der Waals surface area contributed by atoms with Crippen molar-refractivity contribution in [1.29, 1.82) is 0 Å². The van der Waals surface area contributed by atoms with Crippen LogP contribution in [-0.4, -0.2) is 59.8 Å². The summed E-state index contributed by atoms with van der Waals surface area (Å²) in [5.41, 5.74) is 4.97. The van der Waals surface area contributed by atoms with Crippen LogP contribution >= 0.6 is 11.3 Å². The third-order valence-electron chi connectivity index (χ3n) is 5.53. The molecule has 1 N–H and O–H groups in total. The fraction of sp³-hybridized carbons (Fsp3) is 0.280. The summed E-state index contributed by atoms with van der Waals surface area (Å²) in [4.78, 5) is 24.6. The Hall–Kier alpha value is -3.00. The van der Waals surface area contributed by atoms with E-state index in [1.807, 2.05) is 59.8 Å². The van der Waals surface area contributed by atoms with Crippen LogP contribution in [0.2, 0.25) is 0 Å². The van der Waals surface area contributed by atoms with Crippen LogP contribution in [0.1, 0.15) is 22.2 Å². The zero-order valence-corrected chi connectivity index (χ0v) is 18.8. The van der Waals surface area contributed by atoms with Gasteiger partial charge in [0.1, 0.15) is 0 Å². The number of carboxylic acids is 1. The Balaban J connectivity index is 1.47. The third kappa shape index (κ3) is 5.07. The van der Waals surface area contributed by atoms with Gasteiger partial charge in [-0.1, -0.05) is 48.5 Å². The summed E-state index contributed by atoms with van der Waals surface area (Å²) < 4.78 is 5.40. The van der Waals surface area contributed by atoms with Gasteiger partial charge in [0, 0.05) is 19.6 Å². The molecule has 1 amide bonds. The Morgan fingerprint density at radius 2 is 1.53 bits per heavy atom. The summed E-state index contributed by atoms with van der Waals surface area (Å²) >= 11 is 1.47. The van der Waals surface area contributed by atoms with Crippen LogP contribution in [0.5, 0.6) is 0 Å². The van der Waals surface area contributed by atoms with Gasteiger partial charge in [-0.3, -0.25) is 14.6 Å². The minimum atomic E-state index is -0.831. The number of amides is 1. The first-order valence-corrected chi connectivity index (χ1v) is 11.6. The molecule has 0 radical (unpaired) electrons. The fourth-order valence-corrected chi connectivity index (χ4v) is 4.70. The monoisotopic (exact) mass is 450 g/mol. The van der Waals surface area contributed by atoms with Crippen LogP contribution < -0.4 is 0 Å². The average molecular weight is 451 g/mol. The molecule has 32 heavy (non-hydrogen) atoms. The number of ether oxygens (including phenoxy) is 1. The van der Waals surface area contributed by atoms with Gasteiger partial charge in [-0.05, 0) is 46.2 Å². The summed E-state index contributed by atoms with van der Waals surface area (Å²) in [6.45, 7) is 5.39. The first-order valence-electron chi connectivity index (χ1n) is 10.7. The number of hydrazine groups is 1. The second-order valence-electron chi connectivity index (χ2n) is 7.63. The van der Waals surface area contributed by atoms with Crippen LogP contribution in [0.3, 0.4) is 0 Å². The molecule has 1 aliphatic heterocycles. The average Bonchev–Trinajstić information content (AvgIpc) is 3.31. The molecule has 6 nitrogen and oxygen atoms in total. The van der Waals surface area contributed by atoms with Gasteiger partial charge in [0.25, 0.3) is 5.91 Å². The van der Waals surface area contributed by atoms with Crippen molar-refractivity contribution in [3.63, 3.8) is 0 Å². The molecule has 166 valence electrons. The summed E-state index contributed by atoms with van der Waals surface area (Å²) in [5, 5.41) is 14.8. The molecule has 0 aliphatic carbocycles. The van der Waals surface area contributed by atoms with E-state index in [2.05, 4.69) is 17.1 Å². The number of carbonyl (C=O) groups excluding carboxylic acids is 1. The zero-order chi connectivity index (χ0) is 22.5. The largest absolute Gasteiger partial charge is 0.481 e. The Labute approximate surface area is 191 Å². The van der Waals surface area contributed by atoms with Gasteiger partial charge in [0.05, 0.1) is 24.5 Å². The van der Waals surface area contributed by atoms with E-state index in [4.69, 9.17) is 9.84 Å². The van der Waals surface area contributed by atoms with E-state index in [1.165, 1.54) is 11.3 Å². The maximum absolute atomic E-state index is 13.1. The summed E-state index contributed by atoms with van der Waals surface area (Å²) in [5.74, 6) is -0.800. The predicted octanol–water partition coefficient (Wildman–Crippen LogP) is 4.42. The number of aliphatic carboxylic acids is 1. The highest BCUT2D eigenvalue weighted by Crippen LogP contribution is 2.29. The molecule has 2 heterocycles. The maximum Gasteiger partial charge on any atom is 0.307 e. The topological polar surface area (TPSA) is 70.1 Å². The highest BCUT2D eigenvalue weighted by Gasteiger charge is 2.24. The number of carbonyl (C=O) groups is 2. The van der Waals surface area contributed by atoms with Crippen molar-refractivity contribution in [1.82, 2.24) is 10.0 Å². The molecule has 0 saturated carbocycles. The SMILES string of the molecule is CCN(C(=O)c1cc(-c2ccc(-c3ccc(CC(=O)O)cc3)cc2)cs1)N1CCOCC1. The number of benzene rings is 2. The fourth-order valence-electron chi connectivity index (χ4n) is 3.84. The molecule has 0 atom stereocenters. The third-order valence-corrected chi connectivity index (χ3v) is 6.45. The molecule has 0 bridgehead atoms.